The van der Waals surface area contributed by atoms with E-state index in [0.29, 0.717) is 18.7 Å². The summed E-state index contributed by atoms with van der Waals surface area (Å²) in [5.41, 5.74) is 1.44. The van der Waals surface area contributed by atoms with Crippen LogP contribution in [0, 0.1) is 0 Å². The standard InChI is InChI=1S/C17H24N2O4/c1-12-11-19(8-9-23-12)13(2)16(20)18-10-14-4-6-15(7-5-14)17(21)22-3/h4-7,12-13H,8-11H2,1-3H3,(H,18,20)/t12-,13+/m1/s1. The molecule has 1 aromatic rings. The van der Waals surface area contributed by atoms with Crippen LogP contribution >= 0.6 is 0 Å². The fourth-order valence-corrected chi connectivity index (χ4v) is 2.58. The third kappa shape index (κ3) is 4.77. The van der Waals surface area contributed by atoms with Crippen molar-refractivity contribution in [2.24, 2.45) is 0 Å². The molecule has 1 aliphatic rings. The van der Waals surface area contributed by atoms with E-state index in [1.54, 1.807) is 12.1 Å². The Morgan fingerprint density at radius 1 is 1.39 bits per heavy atom. The average molecular weight is 320 g/mol. The number of carbonyl (C=O) groups excluding carboxylic acids is 2. The Bertz CT molecular complexity index is 544. The Hall–Kier alpha value is -1.92. The average Bonchev–Trinajstić information content (AvgIpc) is 2.58. The van der Waals surface area contributed by atoms with E-state index in [0.717, 1.165) is 18.7 Å². The van der Waals surface area contributed by atoms with Gasteiger partial charge in [-0.15, -0.1) is 0 Å². The molecule has 2 rings (SSSR count). The van der Waals surface area contributed by atoms with Crippen molar-refractivity contribution in [3.63, 3.8) is 0 Å². The molecule has 2 atom stereocenters. The lowest BCUT2D eigenvalue weighted by atomic mass is 10.1. The van der Waals surface area contributed by atoms with E-state index >= 15 is 0 Å². The van der Waals surface area contributed by atoms with Crippen LogP contribution in [0.5, 0.6) is 0 Å². The second kappa shape index (κ2) is 8.08. The minimum Gasteiger partial charge on any atom is -0.465 e. The first-order valence-corrected chi connectivity index (χ1v) is 7.82. The number of esters is 1. The number of carbonyl (C=O) groups is 2. The first-order valence-electron chi connectivity index (χ1n) is 7.82. The van der Waals surface area contributed by atoms with E-state index in [2.05, 4.69) is 15.0 Å². The van der Waals surface area contributed by atoms with Crippen LogP contribution in [-0.2, 0) is 20.8 Å². The van der Waals surface area contributed by atoms with Crippen LogP contribution in [0.25, 0.3) is 0 Å². The van der Waals surface area contributed by atoms with Crippen molar-refractivity contribution >= 4 is 11.9 Å². The second-order valence-electron chi connectivity index (χ2n) is 5.76. The fraction of sp³-hybridized carbons (Fsp3) is 0.529. The highest BCUT2D eigenvalue weighted by molar-refractivity contribution is 5.89. The van der Waals surface area contributed by atoms with E-state index in [4.69, 9.17) is 4.74 Å². The van der Waals surface area contributed by atoms with Gasteiger partial charge < -0.3 is 14.8 Å². The van der Waals surface area contributed by atoms with Crippen molar-refractivity contribution in [3.05, 3.63) is 35.4 Å². The number of morpholine rings is 1. The van der Waals surface area contributed by atoms with Crippen LogP contribution in [-0.4, -0.2) is 55.7 Å². The summed E-state index contributed by atoms with van der Waals surface area (Å²) in [6, 6.07) is 6.83. The smallest absolute Gasteiger partial charge is 0.337 e. The Morgan fingerprint density at radius 2 is 2.09 bits per heavy atom. The highest BCUT2D eigenvalue weighted by atomic mass is 16.5. The van der Waals surface area contributed by atoms with E-state index < -0.39 is 0 Å². The topological polar surface area (TPSA) is 67.9 Å². The van der Waals surface area contributed by atoms with Crippen LogP contribution in [0.2, 0.25) is 0 Å². The van der Waals surface area contributed by atoms with E-state index in [1.165, 1.54) is 7.11 Å². The summed E-state index contributed by atoms with van der Waals surface area (Å²) in [6.07, 6.45) is 0.157. The number of hydrogen-bond acceptors (Lipinski definition) is 5. The maximum atomic E-state index is 12.3. The molecule has 1 aliphatic heterocycles. The number of amides is 1. The van der Waals surface area contributed by atoms with Gasteiger partial charge in [0.15, 0.2) is 0 Å². The van der Waals surface area contributed by atoms with Crippen molar-refractivity contribution in [2.75, 3.05) is 26.8 Å². The third-order valence-corrected chi connectivity index (χ3v) is 4.04. The minimum absolute atomic E-state index is 0.00357. The van der Waals surface area contributed by atoms with Gasteiger partial charge in [0.1, 0.15) is 0 Å². The molecule has 0 bridgehead atoms. The lowest BCUT2D eigenvalue weighted by Crippen LogP contribution is -2.51. The maximum absolute atomic E-state index is 12.3. The molecule has 23 heavy (non-hydrogen) atoms. The molecule has 0 aliphatic carbocycles. The zero-order chi connectivity index (χ0) is 16.8. The minimum atomic E-state index is -0.365. The molecule has 0 unspecified atom stereocenters. The number of benzene rings is 1. The third-order valence-electron chi connectivity index (χ3n) is 4.04. The molecule has 1 heterocycles. The van der Waals surface area contributed by atoms with Gasteiger partial charge in [-0.3, -0.25) is 9.69 Å². The van der Waals surface area contributed by atoms with Crippen molar-refractivity contribution in [3.8, 4) is 0 Å². The van der Waals surface area contributed by atoms with Gasteiger partial charge >= 0.3 is 5.97 Å². The first-order chi connectivity index (χ1) is 11.0. The van der Waals surface area contributed by atoms with Crippen LogP contribution < -0.4 is 5.32 Å². The summed E-state index contributed by atoms with van der Waals surface area (Å²) in [4.78, 5) is 25.8. The summed E-state index contributed by atoms with van der Waals surface area (Å²) in [7, 11) is 1.35. The van der Waals surface area contributed by atoms with Gasteiger partial charge in [0, 0.05) is 19.6 Å². The molecule has 1 amide bonds. The first kappa shape index (κ1) is 17.4. The van der Waals surface area contributed by atoms with Crippen molar-refractivity contribution < 1.29 is 19.1 Å². The summed E-state index contributed by atoms with van der Waals surface area (Å²) in [6.45, 7) is 6.56. The molecule has 0 radical (unpaired) electrons. The monoisotopic (exact) mass is 320 g/mol. The van der Waals surface area contributed by atoms with Crippen LogP contribution in [0.1, 0.15) is 29.8 Å². The van der Waals surface area contributed by atoms with Gasteiger partial charge in [-0.2, -0.15) is 0 Å². The van der Waals surface area contributed by atoms with Crippen molar-refractivity contribution in [1.29, 1.82) is 0 Å². The molecule has 6 nitrogen and oxygen atoms in total. The van der Waals surface area contributed by atoms with E-state index in [-0.39, 0.29) is 24.0 Å². The second-order valence-corrected chi connectivity index (χ2v) is 5.76. The highest BCUT2D eigenvalue weighted by Gasteiger charge is 2.25. The molecular weight excluding hydrogens is 296 g/mol. The molecule has 0 saturated carbocycles. The van der Waals surface area contributed by atoms with E-state index in [9.17, 15) is 9.59 Å². The summed E-state index contributed by atoms with van der Waals surface area (Å²) >= 11 is 0. The lowest BCUT2D eigenvalue weighted by molar-refractivity contribution is -0.129. The van der Waals surface area contributed by atoms with Gasteiger partial charge in [0.05, 0.1) is 31.4 Å². The Balaban J connectivity index is 1.84. The predicted octanol–water partition coefficient (Wildman–Crippen LogP) is 1.20. The van der Waals surface area contributed by atoms with Gasteiger partial charge in [0.2, 0.25) is 5.91 Å². The van der Waals surface area contributed by atoms with Crippen molar-refractivity contribution in [2.45, 2.75) is 32.5 Å². The predicted molar refractivity (Wildman–Crippen MR) is 86.1 cm³/mol. The largest absolute Gasteiger partial charge is 0.465 e. The fourth-order valence-electron chi connectivity index (χ4n) is 2.58. The maximum Gasteiger partial charge on any atom is 0.337 e. The van der Waals surface area contributed by atoms with Crippen LogP contribution in [0.15, 0.2) is 24.3 Å². The SMILES string of the molecule is COC(=O)c1ccc(CNC(=O)[C@H](C)N2CCO[C@H](C)C2)cc1. The molecule has 126 valence electrons. The van der Waals surface area contributed by atoms with Gasteiger partial charge in [0.25, 0.3) is 0 Å². The quantitative estimate of drug-likeness (QED) is 0.826. The van der Waals surface area contributed by atoms with Gasteiger partial charge in [-0.25, -0.2) is 4.79 Å². The van der Waals surface area contributed by atoms with Crippen molar-refractivity contribution in [1.82, 2.24) is 10.2 Å². The Kier molecular flexibility index (Phi) is 6.12. The van der Waals surface area contributed by atoms with Crippen LogP contribution in [0.4, 0.5) is 0 Å². The number of rotatable bonds is 5. The Labute approximate surface area is 136 Å². The number of nitrogens with zero attached hydrogens (tertiary/aromatic N) is 1. The van der Waals surface area contributed by atoms with E-state index in [1.807, 2.05) is 26.0 Å². The molecule has 6 heteroatoms. The lowest BCUT2D eigenvalue weighted by Gasteiger charge is -2.34. The normalized spacial score (nSPS) is 19.9. The molecular formula is C17H24N2O4. The molecule has 1 fully saturated rings. The number of hydrogen-bond donors (Lipinski definition) is 1. The molecule has 1 saturated heterocycles. The zero-order valence-electron chi connectivity index (χ0n) is 13.9. The molecule has 0 spiro atoms. The summed E-state index contributed by atoms with van der Waals surface area (Å²) in [5.74, 6) is -0.369. The van der Waals surface area contributed by atoms with Crippen LogP contribution in [0.3, 0.4) is 0 Å². The van der Waals surface area contributed by atoms with Gasteiger partial charge in [-0.05, 0) is 31.5 Å². The Morgan fingerprint density at radius 3 is 2.70 bits per heavy atom. The summed E-state index contributed by atoms with van der Waals surface area (Å²) in [5, 5.41) is 2.94. The molecule has 1 aromatic carbocycles. The number of methoxy groups -OCH3 is 1. The molecule has 0 aromatic heterocycles. The number of nitrogens with one attached hydrogen (secondary N) is 1. The highest BCUT2D eigenvalue weighted by Crippen LogP contribution is 2.09. The molecule has 1 N–H and O–H groups in total. The zero-order valence-corrected chi connectivity index (χ0v) is 13.9. The summed E-state index contributed by atoms with van der Waals surface area (Å²) < 4.78 is 10.2. The number of ether oxygens (including phenoxy) is 2. The van der Waals surface area contributed by atoms with Gasteiger partial charge in [-0.1, -0.05) is 12.1 Å².